The summed E-state index contributed by atoms with van der Waals surface area (Å²) in [7, 11) is 0. The maximum atomic E-state index is 12.9. The molecule has 2 atom stereocenters. The molecule has 8 heteroatoms. The minimum atomic E-state index is -0.822. The largest absolute Gasteiger partial charge is 0.491 e. The molecule has 0 aliphatic carbocycles. The van der Waals surface area contributed by atoms with Gasteiger partial charge in [0.05, 0.1) is 12.3 Å². The Kier molecular flexibility index (Phi) is 8.40. The Morgan fingerprint density at radius 2 is 1.76 bits per heavy atom. The van der Waals surface area contributed by atoms with E-state index in [9.17, 15) is 9.59 Å². The molecule has 0 bridgehead atoms. The third kappa shape index (κ3) is 6.31. The van der Waals surface area contributed by atoms with Crippen molar-refractivity contribution < 1.29 is 29.4 Å². The van der Waals surface area contributed by atoms with Gasteiger partial charge in [-0.1, -0.05) is 67.6 Å². The van der Waals surface area contributed by atoms with Gasteiger partial charge < -0.3 is 14.6 Å². The first-order valence-electron chi connectivity index (χ1n) is 10.4. The third-order valence-electron chi connectivity index (χ3n) is 4.97. The zero-order chi connectivity index (χ0) is 23.6. The second-order valence-electron chi connectivity index (χ2n) is 7.28. The molecule has 0 aliphatic rings. The fourth-order valence-corrected chi connectivity index (χ4v) is 3.42. The number of aliphatic hydroxyl groups is 1. The Balaban J connectivity index is 1.88. The maximum absolute atomic E-state index is 12.9. The number of para-hydroxylation sites is 1. The number of carbonyl (C=O) groups excluding carboxylic acids is 2. The molecular weight excluding hydrogens is 424 g/mol. The van der Waals surface area contributed by atoms with E-state index in [-0.39, 0.29) is 13.2 Å². The van der Waals surface area contributed by atoms with Gasteiger partial charge in [-0.3, -0.25) is 15.3 Å². The molecule has 33 heavy (non-hydrogen) atoms. The van der Waals surface area contributed by atoms with Gasteiger partial charge in [0.15, 0.2) is 0 Å². The van der Waals surface area contributed by atoms with Gasteiger partial charge in [0, 0.05) is 22.9 Å². The van der Waals surface area contributed by atoms with Crippen LogP contribution in [0.5, 0.6) is 5.75 Å². The van der Waals surface area contributed by atoms with Crippen LogP contribution >= 0.6 is 0 Å². The number of anilines is 1. The van der Waals surface area contributed by atoms with Gasteiger partial charge in [0.25, 0.3) is 5.91 Å². The normalized spacial score (nSPS) is 12.8. The van der Waals surface area contributed by atoms with E-state index in [0.717, 1.165) is 16.8 Å². The zero-order valence-corrected chi connectivity index (χ0v) is 18.1. The van der Waals surface area contributed by atoms with Gasteiger partial charge in [0.2, 0.25) is 0 Å². The molecule has 172 valence electrons. The Bertz CT molecular complexity index is 1130. The molecule has 0 saturated carbocycles. The van der Waals surface area contributed by atoms with Crippen LogP contribution in [0.15, 0.2) is 78.9 Å². The number of amides is 2. The van der Waals surface area contributed by atoms with Crippen molar-refractivity contribution in [2.24, 2.45) is 5.92 Å². The number of nitrogens with one attached hydrogen (secondary N) is 2. The fraction of sp³-hybridized carbons (Fsp3) is 0.200. The van der Waals surface area contributed by atoms with Crippen LogP contribution in [0, 0.1) is 5.92 Å². The summed E-state index contributed by atoms with van der Waals surface area (Å²) in [4.78, 5) is 24.4. The van der Waals surface area contributed by atoms with Crippen LogP contribution in [0.1, 0.15) is 18.6 Å². The summed E-state index contributed by atoms with van der Waals surface area (Å²) in [5, 5.41) is 22.5. The highest BCUT2D eigenvalue weighted by Gasteiger charge is 2.26. The first-order valence-corrected chi connectivity index (χ1v) is 10.4. The summed E-state index contributed by atoms with van der Waals surface area (Å²) in [5.74, 6) is -0.716. The summed E-state index contributed by atoms with van der Waals surface area (Å²) in [5.41, 5.74) is 2.70. The molecule has 0 saturated heterocycles. The number of hydrogen-bond acceptors (Lipinski definition) is 6. The molecule has 3 rings (SSSR count). The molecule has 8 nitrogen and oxygen atoms in total. The Hall–Kier alpha value is -3.88. The summed E-state index contributed by atoms with van der Waals surface area (Å²) in [6, 6.07) is 20.2. The molecule has 0 spiro atoms. The van der Waals surface area contributed by atoms with E-state index in [2.05, 4.69) is 5.32 Å². The van der Waals surface area contributed by atoms with Crippen molar-refractivity contribution >= 4 is 28.5 Å². The van der Waals surface area contributed by atoms with E-state index in [4.69, 9.17) is 19.8 Å². The van der Waals surface area contributed by atoms with Crippen molar-refractivity contribution in [3.05, 3.63) is 84.4 Å². The van der Waals surface area contributed by atoms with Crippen LogP contribution in [-0.2, 0) is 9.53 Å². The molecule has 4 N–H and O–H groups in total. The summed E-state index contributed by atoms with van der Waals surface area (Å²) in [6.45, 7) is 1.66. The first-order chi connectivity index (χ1) is 16.0. The van der Waals surface area contributed by atoms with Gasteiger partial charge in [-0.15, -0.1) is 0 Å². The van der Waals surface area contributed by atoms with Crippen molar-refractivity contribution in [2.45, 2.75) is 13.0 Å². The smallest absolute Gasteiger partial charge is 0.412 e. The number of rotatable bonds is 9. The molecule has 0 radical (unpaired) electrons. The molecule has 3 aromatic carbocycles. The number of benzene rings is 3. The van der Waals surface area contributed by atoms with Crippen molar-refractivity contribution in [1.29, 1.82) is 0 Å². The van der Waals surface area contributed by atoms with Crippen LogP contribution in [0.4, 0.5) is 10.5 Å². The minimum Gasteiger partial charge on any atom is -0.491 e. The summed E-state index contributed by atoms with van der Waals surface area (Å²) in [6.07, 6.45) is 1.17. The second-order valence-corrected chi connectivity index (χ2v) is 7.28. The Morgan fingerprint density at radius 1 is 1.03 bits per heavy atom. The Labute approximate surface area is 191 Å². The molecule has 0 unspecified atom stereocenters. The van der Waals surface area contributed by atoms with Crippen LogP contribution in [0.25, 0.3) is 10.8 Å². The number of hydroxylamine groups is 1. The molecule has 0 aromatic heterocycles. The van der Waals surface area contributed by atoms with Crippen LogP contribution in [0.2, 0.25) is 0 Å². The van der Waals surface area contributed by atoms with E-state index in [1.165, 1.54) is 11.6 Å². The van der Waals surface area contributed by atoms with Gasteiger partial charge in [0.1, 0.15) is 18.5 Å². The predicted molar refractivity (Wildman–Crippen MR) is 124 cm³/mol. The molecule has 0 aliphatic heterocycles. The standard InChI is InChI=1S/C25H26N2O6/c1-17(13-14-23(29)27-31)24(20-10-4-5-12-22(20)32-16-15-28)33-25(30)26-21-11-6-8-18-7-2-3-9-19(18)21/h2-14,17,24,28,31H,15-16H2,1H3,(H,26,30)(H,27,29)/b14-13+/t17-,24-/m0/s1. The minimum absolute atomic E-state index is 0.0725. The van der Waals surface area contributed by atoms with Crippen LogP contribution in [-0.4, -0.2) is 35.5 Å². The van der Waals surface area contributed by atoms with Crippen LogP contribution in [0.3, 0.4) is 0 Å². The monoisotopic (exact) mass is 450 g/mol. The lowest BCUT2D eigenvalue weighted by molar-refractivity contribution is -0.124. The van der Waals surface area contributed by atoms with Gasteiger partial charge >= 0.3 is 6.09 Å². The SMILES string of the molecule is C[C@@H](/C=C/C(=O)NO)[C@H](OC(=O)Nc1cccc2ccccc12)c1ccccc1OCCO. The number of fused-ring (bicyclic) bond motifs is 1. The lowest BCUT2D eigenvalue weighted by Gasteiger charge is -2.25. The molecule has 0 heterocycles. The summed E-state index contributed by atoms with van der Waals surface area (Å²) < 4.78 is 11.4. The molecule has 3 aromatic rings. The Morgan fingerprint density at radius 3 is 2.55 bits per heavy atom. The number of hydrogen-bond donors (Lipinski definition) is 4. The van der Waals surface area contributed by atoms with Gasteiger partial charge in [-0.05, 0) is 17.5 Å². The number of aliphatic hydroxyl groups excluding tert-OH is 1. The fourth-order valence-electron chi connectivity index (χ4n) is 3.42. The zero-order valence-electron chi connectivity index (χ0n) is 18.1. The molecule has 2 amide bonds. The second kappa shape index (κ2) is 11.7. The summed E-state index contributed by atoms with van der Waals surface area (Å²) >= 11 is 0. The van der Waals surface area contributed by atoms with E-state index < -0.39 is 24.0 Å². The highest BCUT2D eigenvalue weighted by molar-refractivity contribution is 6.00. The van der Waals surface area contributed by atoms with E-state index in [1.54, 1.807) is 37.3 Å². The van der Waals surface area contributed by atoms with E-state index in [1.807, 2.05) is 36.4 Å². The quantitative estimate of drug-likeness (QED) is 0.221. The van der Waals surface area contributed by atoms with Crippen molar-refractivity contribution in [1.82, 2.24) is 5.48 Å². The van der Waals surface area contributed by atoms with Gasteiger partial charge in [-0.25, -0.2) is 10.3 Å². The highest BCUT2D eigenvalue weighted by atomic mass is 16.6. The van der Waals surface area contributed by atoms with Crippen molar-refractivity contribution in [2.75, 3.05) is 18.5 Å². The van der Waals surface area contributed by atoms with E-state index >= 15 is 0 Å². The topological polar surface area (TPSA) is 117 Å². The van der Waals surface area contributed by atoms with Gasteiger partial charge in [-0.2, -0.15) is 0 Å². The molecular formula is C25H26N2O6. The highest BCUT2D eigenvalue weighted by Crippen LogP contribution is 2.34. The average molecular weight is 450 g/mol. The third-order valence-corrected chi connectivity index (χ3v) is 4.97. The average Bonchev–Trinajstić information content (AvgIpc) is 2.84. The van der Waals surface area contributed by atoms with E-state index in [0.29, 0.717) is 17.0 Å². The van der Waals surface area contributed by atoms with Crippen LogP contribution < -0.4 is 15.5 Å². The number of ether oxygens (including phenoxy) is 2. The number of carbonyl (C=O) groups is 2. The first kappa shape index (κ1) is 23.8. The molecule has 0 fully saturated rings. The predicted octanol–water partition coefficient (Wildman–Crippen LogP) is 4.20. The lowest BCUT2D eigenvalue weighted by Crippen LogP contribution is -2.22. The lowest BCUT2D eigenvalue weighted by atomic mass is 9.96. The van der Waals surface area contributed by atoms with Crippen molar-refractivity contribution in [3.8, 4) is 5.75 Å². The maximum Gasteiger partial charge on any atom is 0.412 e. The van der Waals surface area contributed by atoms with Crippen molar-refractivity contribution in [3.63, 3.8) is 0 Å².